The molecule has 2 heteroatoms. The Morgan fingerprint density at radius 2 is 1.78 bits per heavy atom. The maximum Gasteiger partial charge on any atom is 0.161 e. The normalized spacial score (nSPS) is 46.7. The fourth-order valence-corrected chi connectivity index (χ4v) is 8.11. The van der Waals surface area contributed by atoms with E-state index >= 15 is 0 Å². The van der Waals surface area contributed by atoms with Gasteiger partial charge in [-0.2, -0.15) is 0 Å². The van der Waals surface area contributed by atoms with Crippen molar-refractivity contribution in [2.24, 2.45) is 39.4 Å². The Kier molecular flexibility index (Phi) is 4.18. The minimum atomic E-state index is -0.257. The van der Waals surface area contributed by atoms with Crippen LogP contribution in [-0.2, 0) is 4.79 Å². The van der Waals surface area contributed by atoms with Gasteiger partial charge in [0.1, 0.15) is 0 Å². The standard InChI is InChI=1S/C25H38O2/c1-16(15-26)17-9-13-25(6)19-7-8-20-22(2,3)21(27)11-12-23(20,4)18(19)10-14-24(17,25)5/h11-12,16-17,20,26H,7-10,13-15H2,1-6H3/t16-,17-,20?,23-,24-,25+/m1/s1. The van der Waals surface area contributed by atoms with Gasteiger partial charge in [0.25, 0.3) is 0 Å². The van der Waals surface area contributed by atoms with Crippen molar-refractivity contribution >= 4 is 5.78 Å². The first kappa shape index (κ1) is 19.4. The highest BCUT2D eigenvalue weighted by Crippen LogP contribution is 2.71. The van der Waals surface area contributed by atoms with E-state index in [1.807, 2.05) is 6.08 Å². The van der Waals surface area contributed by atoms with Crippen molar-refractivity contribution < 1.29 is 9.90 Å². The third kappa shape index (κ3) is 2.26. The summed E-state index contributed by atoms with van der Waals surface area (Å²) in [5.74, 6) is 1.73. The molecule has 0 radical (unpaired) electrons. The van der Waals surface area contributed by atoms with Crippen molar-refractivity contribution in [2.75, 3.05) is 6.61 Å². The monoisotopic (exact) mass is 370 g/mol. The van der Waals surface area contributed by atoms with E-state index in [9.17, 15) is 9.90 Å². The number of carbonyl (C=O) groups excluding carboxylic acids is 1. The van der Waals surface area contributed by atoms with Gasteiger partial charge in [0.05, 0.1) is 0 Å². The third-order valence-electron chi connectivity index (χ3n) is 10.1. The molecule has 4 aliphatic rings. The van der Waals surface area contributed by atoms with Crippen LogP contribution in [0.3, 0.4) is 0 Å². The largest absolute Gasteiger partial charge is 0.396 e. The summed E-state index contributed by atoms with van der Waals surface area (Å²) in [7, 11) is 0. The van der Waals surface area contributed by atoms with Gasteiger partial charge in [0.15, 0.2) is 5.78 Å². The number of rotatable bonds is 2. The summed E-state index contributed by atoms with van der Waals surface area (Å²) in [5.41, 5.74) is 3.71. The van der Waals surface area contributed by atoms with Crippen molar-refractivity contribution in [3.63, 3.8) is 0 Å². The molecule has 1 N–H and O–H groups in total. The molecule has 0 heterocycles. The number of hydrogen-bond acceptors (Lipinski definition) is 2. The second kappa shape index (κ2) is 5.81. The molecular weight excluding hydrogens is 332 g/mol. The van der Waals surface area contributed by atoms with Gasteiger partial charge in [0.2, 0.25) is 0 Å². The van der Waals surface area contributed by atoms with E-state index in [1.54, 1.807) is 11.1 Å². The lowest BCUT2D eigenvalue weighted by atomic mass is 9.45. The Morgan fingerprint density at radius 1 is 1.07 bits per heavy atom. The van der Waals surface area contributed by atoms with E-state index in [4.69, 9.17) is 0 Å². The van der Waals surface area contributed by atoms with Crippen LogP contribution in [0, 0.1) is 39.4 Å². The summed E-state index contributed by atoms with van der Waals surface area (Å²) in [6, 6.07) is 0. The highest BCUT2D eigenvalue weighted by atomic mass is 16.3. The van der Waals surface area contributed by atoms with Crippen LogP contribution in [0.5, 0.6) is 0 Å². The van der Waals surface area contributed by atoms with Crippen LogP contribution in [0.25, 0.3) is 0 Å². The molecule has 0 aromatic rings. The molecule has 2 nitrogen and oxygen atoms in total. The summed E-state index contributed by atoms with van der Waals surface area (Å²) < 4.78 is 0. The molecule has 0 aromatic heterocycles. The zero-order chi connectivity index (χ0) is 19.8. The third-order valence-corrected chi connectivity index (χ3v) is 10.1. The second-order valence-corrected chi connectivity index (χ2v) is 11.3. The Morgan fingerprint density at radius 3 is 2.44 bits per heavy atom. The molecule has 0 bridgehead atoms. The number of carbonyl (C=O) groups is 1. The number of aliphatic hydroxyl groups is 1. The zero-order valence-electron chi connectivity index (χ0n) is 18.2. The fourth-order valence-electron chi connectivity index (χ4n) is 8.11. The van der Waals surface area contributed by atoms with Gasteiger partial charge in [-0.3, -0.25) is 4.79 Å². The lowest BCUT2D eigenvalue weighted by Gasteiger charge is -2.59. The van der Waals surface area contributed by atoms with Crippen molar-refractivity contribution in [1.29, 1.82) is 0 Å². The topological polar surface area (TPSA) is 37.3 Å². The van der Waals surface area contributed by atoms with Crippen molar-refractivity contribution in [3.05, 3.63) is 23.3 Å². The molecule has 4 rings (SSSR count). The average Bonchev–Trinajstić information content (AvgIpc) is 2.90. The quantitative estimate of drug-likeness (QED) is 0.632. The summed E-state index contributed by atoms with van der Waals surface area (Å²) >= 11 is 0. The molecule has 1 saturated carbocycles. The van der Waals surface area contributed by atoms with Crippen molar-refractivity contribution in [2.45, 2.75) is 80.1 Å². The maximum absolute atomic E-state index is 12.6. The first-order valence-corrected chi connectivity index (χ1v) is 11.1. The van der Waals surface area contributed by atoms with Gasteiger partial charge in [-0.25, -0.2) is 0 Å². The van der Waals surface area contributed by atoms with E-state index < -0.39 is 0 Å². The minimum Gasteiger partial charge on any atom is -0.396 e. The van der Waals surface area contributed by atoms with Crippen LogP contribution in [0.1, 0.15) is 80.1 Å². The number of ketones is 1. The summed E-state index contributed by atoms with van der Waals surface area (Å²) in [6.45, 7) is 14.3. The van der Waals surface area contributed by atoms with Gasteiger partial charge in [0, 0.05) is 17.4 Å². The van der Waals surface area contributed by atoms with E-state index in [0.717, 1.165) is 19.3 Å². The Hall–Kier alpha value is -0.890. The zero-order valence-corrected chi connectivity index (χ0v) is 18.2. The smallest absolute Gasteiger partial charge is 0.161 e. The maximum atomic E-state index is 12.6. The molecule has 0 aliphatic heterocycles. The van der Waals surface area contributed by atoms with E-state index in [-0.39, 0.29) is 16.2 Å². The van der Waals surface area contributed by atoms with E-state index in [1.165, 1.54) is 19.3 Å². The molecule has 27 heavy (non-hydrogen) atoms. The summed E-state index contributed by atoms with van der Waals surface area (Å²) in [5, 5.41) is 9.84. The molecule has 6 atom stereocenters. The lowest BCUT2D eigenvalue weighted by Crippen LogP contribution is -2.52. The molecule has 4 aliphatic carbocycles. The lowest BCUT2D eigenvalue weighted by molar-refractivity contribution is -0.128. The van der Waals surface area contributed by atoms with Crippen LogP contribution in [0.15, 0.2) is 23.3 Å². The first-order chi connectivity index (χ1) is 12.5. The average molecular weight is 371 g/mol. The SMILES string of the molecule is C[C@H](CO)[C@H]1CC[C@@]2(C)C3=C(CC[C@]12C)[C@@]1(C)C=CC(=O)C(C)(C)C1CC3. The Bertz CT molecular complexity index is 729. The van der Waals surface area contributed by atoms with Crippen molar-refractivity contribution in [1.82, 2.24) is 0 Å². The molecule has 0 aromatic carbocycles. The first-order valence-electron chi connectivity index (χ1n) is 11.1. The molecule has 1 unspecified atom stereocenters. The molecule has 0 saturated heterocycles. The van der Waals surface area contributed by atoms with Crippen LogP contribution >= 0.6 is 0 Å². The van der Waals surface area contributed by atoms with Crippen LogP contribution < -0.4 is 0 Å². The highest BCUT2D eigenvalue weighted by molar-refractivity contribution is 5.96. The van der Waals surface area contributed by atoms with Crippen LogP contribution in [-0.4, -0.2) is 17.5 Å². The molecular formula is C25H38O2. The highest BCUT2D eigenvalue weighted by Gasteiger charge is 2.62. The summed E-state index contributed by atoms with van der Waals surface area (Å²) in [4.78, 5) is 12.6. The number of aliphatic hydroxyl groups excluding tert-OH is 1. The van der Waals surface area contributed by atoms with Gasteiger partial charge < -0.3 is 5.11 Å². The van der Waals surface area contributed by atoms with Crippen LogP contribution in [0.4, 0.5) is 0 Å². The predicted octanol–water partition coefficient (Wildman–Crippen LogP) is 5.71. The predicted molar refractivity (Wildman–Crippen MR) is 110 cm³/mol. The van der Waals surface area contributed by atoms with Gasteiger partial charge in [-0.1, -0.05) is 58.8 Å². The van der Waals surface area contributed by atoms with E-state index in [2.05, 4.69) is 47.6 Å². The second-order valence-electron chi connectivity index (χ2n) is 11.3. The molecule has 1 fully saturated rings. The molecule has 0 amide bonds. The van der Waals surface area contributed by atoms with Gasteiger partial charge in [-0.15, -0.1) is 0 Å². The van der Waals surface area contributed by atoms with Gasteiger partial charge in [-0.05, 0) is 73.2 Å². The fraction of sp³-hybridized carbons (Fsp3) is 0.800. The number of fused-ring (bicyclic) bond motifs is 4. The Balaban J connectivity index is 1.82. The van der Waals surface area contributed by atoms with E-state index in [0.29, 0.717) is 35.6 Å². The molecule has 150 valence electrons. The van der Waals surface area contributed by atoms with Crippen molar-refractivity contribution in [3.8, 4) is 0 Å². The van der Waals surface area contributed by atoms with Crippen LogP contribution in [0.2, 0.25) is 0 Å². The number of hydrogen-bond donors (Lipinski definition) is 1. The summed E-state index contributed by atoms with van der Waals surface area (Å²) in [6.07, 6.45) is 11.3. The molecule has 0 spiro atoms. The number of allylic oxidation sites excluding steroid dienone is 4. The Labute approximate surface area is 165 Å². The minimum absolute atomic E-state index is 0.0377. The van der Waals surface area contributed by atoms with Gasteiger partial charge >= 0.3 is 0 Å².